The summed E-state index contributed by atoms with van der Waals surface area (Å²) in [5.41, 5.74) is 0. The van der Waals surface area contributed by atoms with Crippen LogP contribution in [0.2, 0.25) is 0 Å². The summed E-state index contributed by atoms with van der Waals surface area (Å²) in [5.74, 6) is -0.840. The van der Waals surface area contributed by atoms with Crippen LogP contribution in [0, 0.1) is 0 Å². The summed E-state index contributed by atoms with van der Waals surface area (Å²) in [7, 11) is 0. The summed E-state index contributed by atoms with van der Waals surface area (Å²) in [6.07, 6.45) is 78.1. The van der Waals surface area contributed by atoms with E-state index in [9.17, 15) is 14.4 Å². The van der Waals surface area contributed by atoms with Gasteiger partial charge in [0.2, 0.25) is 0 Å². The largest absolute Gasteiger partial charge is 0.462 e. The summed E-state index contributed by atoms with van der Waals surface area (Å²) in [6.45, 7) is 6.72. The van der Waals surface area contributed by atoms with Crippen molar-refractivity contribution in [1.82, 2.24) is 0 Å². The van der Waals surface area contributed by atoms with Crippen molar-refractivity contribution >= 4 is 17.9 Å². The Balaban J connectivity index is 4.24. The fraction of sp³-hybridized carbons (Fsp3) is 0.929. The lowest BCUT2D eigenvalue weighted by Crippen LogP contribution is -2.30. The molecule has 0 N–H and O–H groups in total. The van der Waals surface area contributed by atoms with Gasteiger partial charge in [-0.3, -0.25) is 14.4 Å². The average Bonchev–Trinajstić information content (AvgIpc) is 3.42. The molecule has 0 aliphatic rings. The van der Waals surface area contributed by atoms with E-state index in [0.717, 1.165) is 64.2 Å². The van der Waals surface area contributed by atoms with Crippen LogP contribution in [0.1, 0.15) is 400 Å². The normalized spacial score (nSPS) is 12.0. The van der Waals surface area contributed by atoms with Crippen molar-refractivity contribution in [1.29, 1.82) is 0 Å². The van der Waals surface area contributed by atoms with Crippen LogP contribution in [-0.4, -0.2) is 37.2 Å². The van der Waals surface area contributed by atoms with Crippen LogP contribution in [0.3, 0.4) is 0 Å². The van der Waals surface area contributed by atoms with Gasteiger partial charge in [-0.2, -0.15) is 0 Å². The number of rotatable bonds is 65. The van der Waals surface area contributed by atoms with Crippen LogP contribution in [0.4, 0.5) is 0 Å². The molecule has 0 aromatic carbocycles. The van der Waals surface area contributed by atoms with Crippen LogP contribution in [-0.2, 0) is 28.6 Å². The van der Waals surface area contributed by atoms with Crippen LogP contribution >= 0.6 is 0 Å². The van der Waals surface area contributed by atoms with Gasteiger partial charge in [0.05, 0.1) is 0 Å². The van der Waals surface area contributed by atoms with Gasteiger partial charge in [-0.1, -0.05) is 348 Å². The summed E-state index contributed by atoms with van der Waals surface area (Å²) in [6, 6.07) is 0. The highest BCUT2D eigenvalue weighted by molar-refractivity contribution is 5.71. The lowest BCUT2D eigenvalue weighted by Gasteiger charge is -2.18. The standard InChI is InChI=1S/C70H134O6/c1-4-7-10-13-16-19-22-25-28-30-32-34-35-37-38-40-42-45-48-51-54-57-60-63-69(72)75-66-67(65-74-68(71)62-59-56-53-50-47-44-27-24-21-18-15-12-9-6-3)76-70(73)64-61-58-55-52-49-46-43-41-39-36-33-31-29-26-23-20-17-14-11-8-5-2/h24,27,67H,4-23,25-26,28-66H2,1-3H3/b27-24-. The summed E-state index contributed by atoms with van der Waals surface area (Å²) in [5, 5.41) is 0. The van der Waals surface area contributed by atoms with Crippen LogP contribution in [0.25, 0.3) is 0 Å². The maximum atomic E-state index is 12.9. The number of hydrogen-bond donors (Lipinski definition) is 0. The number of allylic oxidation sites excluding steroid dienone is 2. The molecule has 1 atom stereocenters. The molecule has 0 saturated carbocycles. The highest BCUT2D eigenvalue weighted by atomic mass is 16.6. The van der Waals surface area contributed by atoms with Crippen molar-refractivity contribution < 1.29 is 28.6 Å². The van der Waals surface area contributed by atoms with Gasteiger partial charge < -0.3 is 14.2 Å². The summed E-state index contributed by atoms with van der Waals surface area (Å²) in [4.78, 5) is 38.4. The second-order valence-electron chi connectivity index (χ2n) is 23.8. The minimum Gasteiger partial charge on any atom is -0.462 e. The van der Waals surface area contributed by atoms with Crippen molar-refractivity contribution in [2.24, 2.45) is 0 Å². The van der Waals surface area contributed by atoms with Crippen molar-refractivity contribution in [3.8, 4) is 0 Å². The first kappa shape index (κ1) is 74.2. The van der Waals surface area contributed by atoms with Gasteiger partial charge in [-0.15, -0.1) is 0 Å². The predicted molar refractivity (Wildman–Crippen MR) is 330 cm³/mol. The Kier molecular flexibility index (Phi) is 64.1. The Labute approximate surface area is 475 Å². The third kappa shape index (κ3) is 63.0. The molecule has 0 aliphatic heterocycles. The highest BCUT2D eigenvalue weighted by Crippen LogP contribution is 2.19. The molecule has 0 saturated heterocycles. The Morgan fingerprint density at radius 2 is 0.434 bits per heavy atom. The highest BCUT2D eigenvalue weighted by Gasteiger charge is 2.19. The third-order valence-electron chi connectivity index (χ3n) is 16.0. The topological polar surface area (TPSA) is 78.9 Å². The molecule has 0 aromatic heterocycles. The molecule has 6 heteroatoms. The first-order valence-corrected chi connectivity index (χ1v) is 34.7. The maximum Gasteiger partial charge on any atom is 0.306 e. The molecule has 0 rings (SSSR count). The first-order chi connectivity index (χ1) is 37.5. The molecule has 0 heterocycles. The van der Waals surface area contributed by atoms with E-state index in [1.807, 2.05) is 0 Å². The number of carbonyl (C=O) groups excluding carboxylic acids is 3. The zero-order chi connectivity index (χ0) is 55.0. The quantitative estimate of drug-likeness (QED) is 0.0261. The third-order valence-corrected chi connectivity index (χ3v) is 16.0. The molecule has 0 amide bonds. The molecular formula is C70H134O6. The second-order valence-corrected chi connectivity index (χ2v) is 23.8. The van der Waals surface area contributed by atoms with Crippen LogP contribution in [0.15, 0.2) is 12.2 Å². The van der Waals surface area contributed by atoms with Gasteiger partial charge in [-0.05, 0) is 44.9 Å². The van der Waals surface area contributed by atoms with Crippen molar-refractivity contribution in [2.45, 2.75) is 406 Å². The minimum atomic E-state index is -0.769. The SMILES string of the molecule is CCCCCCC/C=C\CCCCCCCC(=O)OCC(COC(=O)CCCCCCCCCCCCCCCCCCCCCCCCC)OC(=O)CCCCCCCCCCCCCCCCCCCCCCC. The van der Waals surface area contributed by atoms with Gasteiger partial charge in [0.15, 0.2) is 6.10 Å². The molecule has 0 aliphatic carbocycles. The fourth-order valence-electron chi connectivity index (χ4n) is 10.8. The van der Waals surface area contributed by atoms with E-state index in [4.69, 9.17) is 14.2 Å². The van der Waals surface area contributed by atoms with Gasteiger partial charge in [0, 0.05) is 19.3 Å². The summed E-state index contributed by atoms with van der Waals surface area (Å²) < 4.78 is 17.0. The van der Waals surface area contributed by atoms with E-state index in [1.165, 1.54) is 295 Å². The van der Waals surface area contributed by atoms with E-state index in [-0.39, 0.29) is 31.1 Å². The molecule has 450 valence electrons. The Morgan fingerprint density at radius 1 is 0.250 bits per heavy atom. The molecule has 0 fully saturated rings. The lowest BCUT2D eigenvalue weighted by molar-refractivity contribution is -0.167. The molecule has 6 nitrogen and oxygen atoms in total. The van der Waals surface area contributed by atoms with Crippen LogP contribution in [0.5, 0.6) is 0 Å². The second kappa shape index (κ2) is 65.7. The first-order valence-electron chi connectivity index (χ1n) is 34.7. The Morgan fingerprint density at radius 3 is 0.658 bits per heavy atom. The van der Waals surface area contributed by atoms with Crippen molar-refractivity contribution in [2.75, 3.05) is 13.2 Å². The zero-order valence-electron chi connectivity index (χ0n) is 51.8. The molecule has 0 aromatic rings. The van der Waals surface area contributed by atoms with E-state index in [2.05, 4.69) is 32.9 Å². The van der Waals surface area contributed by atoms with E-state index in [0.29, 0.717) is 19.3 Å². The maximum absolute atomic E-state index is 12.9. The number of ether oxygens (including phenoxy) is 3. The summed E-state index contributed by atoms with van der Waals surface area (Å²) >= 11 is 0. The minimum absolute atomic E-state index is 0.0657. The Hall–Kier alpha value is -1.85. The molecule has 0 spiro atoms. The van der Waals surface area contributed by atoms with Crippen LogP contribution < -0.4 is 0 Å². The zero-order valence-corrected chi connectivity index (χ0v) is 51.8. The number of esters is 3. The van der Waals surface area contributed by atoms with E-state index < -0.39 is 6.10 Å². The van der Waals surface area contributed by atoms with Crippen molar-refractivity contribution in [3.05, 3.63) is 12.2 Å². The smallest absolute Gasteiger partial charge is 0.306 e. The average molecular weight is 1070 g/mol. The van der Waals surface area contributed by atoms with Gasteiger partial charge in [-0.25, -0.2) is 0 Å². The molecule has 0 bridgehead atoms. The van der Waals surface area contributed by atoms with Gasteiger partial charge in [0.1, 0.15) is 13.2 Å². The number of hydrogen-bond acceptors (Lipinski definition) is 6. The van der Waals surface area contributed by atoms with E-state index in [1.54, 1.807) is 0 Å². The Bertz CT molecular complexity index is 1180. The monoisotopic (exact) mass is 1070 g/mol. The number of unbranched alkanes of at least 4 members (excludes halogenated alkanes) is 52. The fourth-order valence-corrected chi connectivity index (χ4v) is 10.8. The lowest BCUT2D eigenvalue weighted by atomic mass is 10.0. The van der Waals surface area contributed by atoms with Gasteiger partial charge in [0.25, 0.3) is 0 Å². The number of carbonyl (C=O) groups is 3. The van der Waals surface area contributed by atoms with E-state index >= 15 is 0 Å². The molecule has 1 unspecified atom stereocenters. The van der Waals surface area contributed by atoms with Crippen molar-refractivity contribution in [3.63, 3.8) is 0 Å². The predicted octanol–water partition coefficient (Wildman–Crippen LogP) is 23.6. The van der Waals surface area contributed by atoms with Gasteiger partial charge >= 0.3 is 17.9 Å². The molecule has 76 heavy (non-hydrogen) atoms. The molecular weight excluding hydrogens is 937 g/mol. The molecule has 0 radical (unpaired) electrons.